The van der Waals surface area contributed by atoms with Gasteiger partial charge in [-0.05, 0) is 36.4 Å². The van der Waals surface area contributed by atoms with Gasteiger partial charge in [-0.1, -0.05) is 11.6 Å². The van der Waals surface area contributed by atoms with Crippen molar-refractivity contribution in [2.24, 2.45) is 0 Å². The van der Waals surface area contributed by atoms with Gasteiger partial charge < -0.3 is 24.1 Å². The number of hydrogen-bond donors (Lipinski definition) is 1. The van der Waals surface area contributed by atoms with Gasteiger partial charge in [-0.3, -0.25) is 0 Å². The van der Waals surface area contributed by atoms with Crippen molar-refractivity contribution in [2.75, 3.05) is 27.4 Å². The first-order valence-electron chi connectivity index (χ1n) is 7.05. The fraction of sp³-hybridized carbons (Fsp3) is 0.235. The topological polar surface area (TPSA) is 74.2 Å². The number of hydrogen-bond acceptors (Lipinski definition) is 5. The fourth-order valence-electron chi connectivity index (χ4n) is 1.96. The Kier molecular flexibility index (Phi) is 6.14. The Labute approximate surface area is 144 Å². The van der Waals surface area contributed by atoms with Crippen LogP contribution in [0.4, 0.5) is 0 Å². The quantitative estimate of drug-likeness (QED) is 0.733. The van der Waals surface area contributed by atoms with Gasteiger partial charge >= 0.3 is 5.97 Å². The normalized spacial score (nSPS) is 10.1. The second-order valence-corrected chi connectivity index (χ2v) is 5.07. The van der Waals surface area contributed by atoms with Gasteiger partial charge in [0.2, 0.25) is 0 Å². The smallest absolute Gasteiger partial charge is 0.335 e. The lowest BCUT2D eigenvalue weighted by atomic mass is 10.2. The molecule has 24 heavy (non-hydrogen) atoms. The molecule has 0 saturated heterocycles. The highest BCUT2D eigenvalue weighted by Crippen LogP contribution is 2.36. The maximum absolute atomic E-state index is 11.0. The molecule has 1 N–H and O–H groups in total. The summed E-state index contributed by atoms with van der Waals surface area (Å²) in [5, 5.41) is 9.18. The third-order valence-electron chi connectivity index (χ3n) is 3.13. The van der Waals surface area contributed by atoms with Crippen LogP contribution in [0.1, 0.15) is 10.4 Å². The summed E-state index contributed by atoms with van der Waals surface area (Å²) in [4.78, 5) is 11.0. The molecule has 0 unspecified atom stereocenters. The molecular weight excluding hydrogens is 336 g/mol. The number of benzene rings is 2. The molecule has 7 heteroatoms. The van der Waals surface area contributed by atoms with E-state index in [1.54, 1.807) is 31.4 Å². The zero-order chi connectivity index (χ0) is 17.5. The summed E-state index contributed by atoms with van der Waals surface area (Å²) in [6.45, 7) is 0.501. The van der Waals surface area contributed by atoms with E-state index in [1.807, 2.05) is 0 Å². The molecule has 0 fully saturated rings. The molecule has 2 rings (SSSR count). The Morgan fingerprint density at radius 3 is 2.21 bits per heavy atom. The third-order valence-corrected chi connectivity index (χ3v) is 3.42. The van der Waals surface area contributed by atoms with Gasteiger partial charge in [0.1, 0.15) is 24.7 Å². The van der Waals surface area contributed by atoms with E-state index in [0.29, 0.717) is 5.75 Å². The van der Waals surface area contributed by atoms with Crippen LogP contribution in [0.2, 0.25) is 5.02 Å². The molecule has 6 nitrogen and oxygen atoms in total. The van der Waals surface area contributed by atoms with Crippen molar-refractivity contribution in [3.05, 3.63) is 47.0 Å². The number of carboxylic acid groups (broad SMARTS) is 1. The van der Waals surface area contributed by atoms with E-state index in [2.05, 4.69) is 0 Å². The van der Waals surface area contributed by atoms with Crippen LogP contribution in [0.25, 0.3) is 0 Å². The number of methoxy groups -OCH3 is 2. The predicted octanol–water partition coefficient (Wildman–Crippen LogP) is 3.51. The van der Waals surface area contributed by atoms with Crippen molar-refractivity contribution in [1.29, 1.82) is 0 Å². The second kappa shape index (κ2) is 8.31. The van der Waals surface area contributed by atoms with Crippen molar-refractivity contribution in [3.63, 3.8) is 0 Å². The van der Waals surface area contributed by atoms with Gasteiger partial charge in [0, 0.05) is 0 Å². The number of ether oxygens (including phenoxy) is 4. The highest BCUT2D eigenvalue weighted by molar-refractivity contribution is 6.32. The van der Waals surface area contributed by atoms with Crippen LogP contribution in [0.5, 0.6) is 23.0 Å². The van der Waals surface area contributed by atoms with E-state index >= 15 is 0 Å². The van der Waals surface area contributed by atoms with E-state index in [-0.39, 0.29) is 35.3 Å². The first-order valence-corrected chi connectivity index (χ1v) is 7.43. The summed E-state index contributed by atoms with van der Waals surface area (Å²) in [5.74, 6) is 0.865. The Balaban J connectivity index is 1.95. The minimum absolute atomic E-state index is 0.0266. The highest BCUT2D eigenvalue weighted by atomic mass is 35.5. The number of rotatable bonds is 8. The average Bonchev–Trinajstić information content (AvgIpc) is 2.59. The zero-order valence-corrected chi connectivity index (χ0v) is 14.0. The van der Waals surface area contributed by atoms with E-state index in [0.717, 1.165) is 5.75 Å². The Bertz CT molecular complexity index is 699. The maximum atomic E-state index is 11.0. The van der Waals surface area contributed by atoms with Crippen LogP contribution in [-0.2, 0) is 0 Å². The van der Waals surface area contributed by atoms with Gasteiger partial charge in [0.15, 0.2) is 11.5 Å². The molecule has 0 aromatic heterocycles. The van der Waals surface area contributed by atoms with Crippen molar-refractivity contribution < 1.29 is 28.8 Å². The van der Waals surface area contributed by atoms with Crippen LogP contribution in [0.15, 0.2) is 36.4 Å². The van der Waals surface area contributed by atoms with Crippen molar-refractivity contribution in [2.45, 2.75) is 0 Å². The lowest BCUT2D eigenvalue weighted by Gasteiger charge is -2.13. The highest BCUT2D eigenvalue weighted by Gasteiger charge is 2.15. The molecule has 0 radical (unpaired) electrons. The Hall–Kier alpha value is -2.60. The minimum Gasteiger partial charge on any atom is -0.497 e. The fourth-order valence-corrected chi connectivity index (χ4v) is 2.22. The van der Waals surface area contributed by atoms with Crippen LogP contribution in [0, 0.1) is 0 Å². The standard InChI is InChI=1S/C17H17ClO6/c1-21-12-3-5-13(6-4-12)23-7-8-24-16-14(18)9-11(17(19)20)10-15(16)22-2/h3-6,9-10H,7-8H2,1-2H3,(H,19,20). The molecule has 2 aromatic carbocycles. The summed E-state index contributed by atoms with van der Waals surface area (Å²) in [6, 6.07) is 9.82. The van der Waals surface area contributed by atoms with Gasteiger partial charge in [-0.2, -0.15) is 0 Å². The monoisotopic (exact) mass is 352 g/mol. The summed E-state index contributed by atoms with van der Waals surface area (Å²) in [7, 11) is 3.01. The molecule has 0 heterocycles. The summed E-state index contributed by atoms with van der Waals surface area (Å²) in [5.41, 5.74) is 0.0266. The summed E-state index contributed by atoms with van der Waals surface area (Å²) in [6.07, 6.45) is 0. The van der Waals surface area contributed by atoms with Crippen LogP contribution < -0.4 is 18.9 Å². The van der Waals surface area contributed by atoms with Crippen molar-refractivity contribution in [1.82, 2.24) is 0 Å². The summed E-state index contributed by atoms with van der Waals surface area (Å²) < 4.78 is 21.3. The molecule has 0 aliphatic carbocycles. The van der Waals surface area contributed by atoms with Crippen molar-refractivity contribution >= 4 is 17.6 Å². The van der Waals surface area contributed by atoms with Crippen LogP contribution >= 0.6 is 11.6 Å². The molecule has 128 valence electrons. The molecular formula is C17H17ClO6. The molecule has 2 aromatic rings. The second-order valence-electron chi connectivity index (χ2n) is 4.67. The molecule has 0 bridgehead atoms. The summed E-state index contributed by atoms with van der Waals surface area (Å²) >= 11 is 6.06. The molecule has 0 aliphatic rings. The minimum atomic E-state index is -1.09. The lowest BCUT2D eigenvalue weighted by Crippen LogP contribution is -2.10. The molecule has 0 atom stereocenters. The number of aromatic carboxylic acids is 1. The molecule has 0 spiro atoms. The predicted molar refractivity (Wildman–Crippen MR) is 88.9 cm³/mol. The lowest BCUT2D eigenvalue weighted by molar-refractivity contribution is 0.0696. The maximum Gasteiger partial charge on any atom is 0.335 e. The van der Waals surface area contributed by atoms with Crippen LogP contribution in [0.3, 0.4) is 0 Å². The number of carboxylic acids is 1. The third kappa shape index (κ3) is 4.45. The zero-order valence-electron chi connectivity index (χ0n) is 13.2. The van der Waals surface area contributed by atoms with Crippen molar-refractivity contribution in [3.8, 4) is 23.0 Å². The molecule has 0 saturated carbocycles. The number of halogens is 1. The largest absolute Gasteiger partial charge is 0.497 e. The average molecular weight is 353 g/mol. The SMILES string of the molecule is COc1ccc(OCCOc2c(Cl)cc(C(=O)O)cc2OC)cc1. The molecule has 0 aliphatic heterocycles. The van der Waals surface area contributed by atoms with Crippen LogP contribution in [-0.4, -0.2) is 38.5 Å². The van der Waals surface area contributed by atoms with E-state index < -0.39 is 5.97 Å². The van der Waals surface area contributed by atoms with Gasteiger partial charge in [-0.25, -0.2) is 4.79 Å². The Morgan fingerprint density at radius 1 is 1.00 bits per heavy atom. The van der Waals surface area contributed by atoms with E-state index in [4.69, 9.17) is 35.7 Å². The van der Waals surface area contributed by atoms with Gasteiger partial charge in [0.25, 0.3) is 0 Å². The van der Waals surface area contributed by atoms with Gasteiger partial charge in [0.05, 0.1) is 24.8 Å². The first-order chi connectivity index (χ1) is 11.5. The molecule has 0 amide bonds. The van der Waals surface area contributed by atoms with E-state index in [1.165, 1.54) is 19.2 Å². The Morgan fingerprint density at radius 2 is 1.62 bits per heavy atom. The first kappa shape index (κ1) is 17.7. The van der Waals surface area contributed by atoms with Gasteiger partial charge in [-0.15, -0.1) is 0 Å². The number of carbonyl (C=O) groups is 1. The van der Waals surface area contributed by atoms with E-state index in [9.17, 15) is 4.79 Å².